The summed E-state index contributed by atoms with van der Waals surface area (Å²) in [6, 6.07) is 5.27. The van der Waals surface area contributed by atoms with Crippen LogP contribution in [0.5, 0.6) is 0 Å². The number of guanidine groups is 1. The van der Waals surface area contributed by atoms with Gasteiger partial charge in [-0.2, -0.15) is 4.99 Å². The van der Waals surface area contributed by atoms with E-state index in [1.54, 1.807) is 37.3 Å². The fourth-order valence-electron chi connectivity index (χ4n) is 2.21. The van der Waals surface area contributed by atoms with Crippen LogP contribution < -0.4 is 11.1 Å². The zero-order chi connectivity index (χ0) is 16.6. The van der Waals surface area contributed by atoms with E-state index in [1.807, 2.05) is 6.07 Å². The quantitative estimate of drug-likeness (QED) is 0.614. The maximum absolute atomic E-state index is 12.0. The summed E-state index contributed by atoms with van der Waals surface area (Å²) in [5.41, 5.74) is 8.58. The molecular weight excluding hydrogens is 316 g/mol. The first-order chi connectivity index (χ1) is 10.9. The molecule has 0 unspecified atom stereocenters. The van der Waals surface area contributed by atoms with Gasteiger partial charge in [-0.15, -0.1) is 0 Å². The largest absolute Gasteiger partial charge is 0.369 e. The number of nitrogens with zero attached hydrogens (tertiary/aromatic N) is 4. The first-order valence-corrected chi connectivity index (χ1v) is 7.29. The number of benzene rings is 1. The number of aliphatic imine (C=N–C) groups is 1. The van der Waals surface area contributed by atoms with E-state index < -0.39 is 0 Å². The minimum atomic E-state index is -0.139. The van der Waals surface area contributed by atoms with Crippen LogP contribution in [0.4, 0.5) is 11.6 Å². The standard InChI is InChI=1S/C15H15ClN6O/c1-22(2)14(17)21-15-18-7-8-5-12(23)19-11-6-9(16)3-4-10(11)13(8)20-15/h3-4,6-7H,5H2,1-2H3,(H,19,23)(H2,17,18,20,21). The number of carbonyl (C=O) groups is 1. The average Bonchev–Trinajstić information content (AvgIpc) is 2.61. The van der Waals surface area contributed by atoms with E-state index in [9.17, 15) is 4.79 Å². The van der Waals surface area contributed by atoms with Gasteiger partial charge in [-0.25, -0.2) is 9.97 Å². The zero-order valence-corrected chi connectivity index (χ0v) is 13.4. The molecule has 0 bridgehead atoms. The molecule has 3 rings (SSSR count). The number of aromatic nitrogens is 2. The average molecular weight is 331 g/mol. The van der Waals surface area contributed by atoms with Crippen molar-refractivity contribution >= 4 is 35.1 Å². The Balaban J connectivity index is 2.16. The van der Waals surface area contributed by atoms with Gasteiger partial charge < -0.3 is 16.0 Å². The third-order valence-electron chi connectivity index (χ3n) is 3.39. The highest BCUT2D eigenvalue weighted by atomic mass is 35.5. The van der Waals surface area contributed by atoms with Gasteiger partial charge in [0.2, 0.25) is 5.91 Å². The van der Waals surface area contributed by atoms with E-state index in [1.165, 1.54) is 0 Å². The lowest BCUT2D eigenvalue weighted by Crippen LogP contribution is -2.30. The normalized spacial score (nSPS) is 13.7. The Morgan fingerprint density at radius 2 is 2.22 bits per heavy atom. The number of rotatable bonds is 1. The molecule has 118 valence electrons. The SMILES string of the molecule is CN(C)/C(N)=N\c1ncc2c(n1)-c1ccc(Cl)cc1NC(=O)C2. The molecular formula is C15H15ClN6O. The number of nitrogens with two attached hydrogens (primary N) is 1. The number of hydrogen-bond acceptors (Lipinski definition) is 4. The number of nitrogens with one attached hydrogen (secondary N) is 1. The van der Waals surface area contributed by atoms with E-state index in [2.05, 4.69) is 20.3 Å². The van der Waals surface area contributed by atoms with E-state index in [4.69, 9.17) is 17.3 Å². The monoisotopic (exact) mass is 330 g/mol. The molecule has 0 radical (unpaired) electrons. The lowest BCUT2D eigenvalue weighted by Gasteiger charge is -2.11. The number of amides is 1. The predicted molar refractivity (Wildman–Crippen MR) is 89.8 cm³/mol. The molecule has 2 aromatic rings. The van der Waals surface area contributed by atoms with Gasteiger partial charge in [0.25, 0.3) is 5.95 Å². The van der Waals surface area contributed by atoms with Crippen LogP contribution in [0.1, 0.15) is 5.56 Å². The highest BCUT2D eigenvalue weighted by molar-refractivity contribution is 6.31. The first-order valence-electron chi connectivity index (χ1n) is 6.91. The molecule has 1 aromatic heterocycles. The molecule has 0 aliphatic carbocycles. The minimum Gasteiger partial charge on any atom is -0.369 e. The smallest absolute Gasteiger partial charge is 0.253 e. The Kier molecular flexibility index (Phi) is 3.87. The molecule has 0 saturated heterocycles. The van der Waals surface area contributed by atoms with Gasteiger partial charge in [-0.1, -0.05) is 11.6 Å². The lowest BCUT2D eigenvalue weighted by atomic mass is 10.1. The third-order valence-corrected chi connectivity index (χ3v) is 3.62. The van der Waals surface area contributed by atoms with Crippen molar-refractivity contribution in [1.82, 2.24) is 14.9 Å². The summed E-state index contributed by atoms with van der Waals surface area (Å²) >= 11 is 6.01. The van der Waals surface area contributed by atoms with Gasteiger partial charge in [0.1, 0.15) is 0 Å². The Hall–Kier alpha value is -2.67. The second kappa shape index (κ2) is 5.85. The van der Waals surface area contributed by atoms with Crippen LogP contribution in [-0.2, 0) is 11.2 Å². The molecule has 3 N–H and O–H groups in total. The Labute approximate surface area is 138 Å². The first kappa shape index (κ1) is 15.2. The number of fused-ring (bicyclic) bond motifs is 3. The van der Waals surface area contributed by atoms with Crippen molar-refractivity contribution in [2.75, 3.05) is 19.4 Å². The lowest BCUT2D eigenvalue weighted by molar-refractivity contribution is -0.115. The molecule has 0 saturated carbocycles. The van der Waals surface area contributed by atoms with Crippen molar-refractivity contribution in [2.24, 2.45) is 10.7 Å². The number of carbonyl (C=O) groups excluding carboxylic acids is 1. The highest BCUT2D eigenvalue weighted by Crippen LogP contribution is 2.34. The van der Waals surface area contributed by atoms with Crippen molar-refractivity contribution in [3.8, 4) is 11.3 Å². The van der Waals surface area contributed by atoms with Crippen molar-refractivity contribution in [1.29, 1.82) is 0 Å². The van der Waals surface area contributed by atoms with Gasteiger partial charge in [-0.3, -0.25) is 4.79 Å². The summed E-state index contributed by atoms with van der Waals surface area (Å²) in [4.78, 5) is 26.5. The number of anilines is 1. The summed E-state index contributed by atoms with van der Waals surface area (Å²) in [7, 11) is 3.56. The van der Waals surface area contributed by atoms with Crippen LogP contribution in [0.25, 0.3) is 11.3 Å². The summed E-state index contributed by atoms with van der Waals surface area (Å²) in [5, 5.41) is 3.37. The zero-order valence-electron chi connectivity index (χ0n) is 12.7. The molecule has 0 fully saturated rings. The van der Waals surface area contributed by atoms with Crippen LogP contribution in [0.15, 0.2) is 29.4 Å². The van der Waals surface area contributed by atoms with E-state index in [-0.39, 0.29) is 18.3 Å². The fraction of sp³-hybridized carbons (Fsp3) is 0.200. The maximum Gasteiger partial charge on any atom is 0.253 e. The minimum absolute atomic E-state index is 0.139. The third kappa shape index (κ3) is 3.09. The maximum atomic E-state index is 12.0. The van der Waals surface area contributed by atoms with Crippen LogP contribution in [0.3, 0.4) is 0 Å². The van der Waals surface area contributed by atoms with Gasteiger partial charge in [0.15, 0.2) is 5.96 Å². The van der Waals surface area contributed by atoms with Crippen LogP contribution in [0.2, 0.25) is 5.02 Å². The van der Waals surface area contributed by atoms with Crippen LogP contribution in [0, 0.1) is 0 Å². The van der Waals surface area contributed by atoms with E-state index in [0.29, 0.717) is 22.4 Å². The van der Waals surface area contributed by atoms with E-state index >= 15 is 0 Å². The molecule has 8 heteroatoms. The van der Waals surface area contributed by atoms with E-state index in [0.717, 1.165) is 11.1 Å². The van der Waals surface area contributed by atoms with Crippen molar-refractivity contribution in [3.05, 3.63) is 35.0 Å². The second-order valence-electron chi connectivity index (χ2n) is 5.32. The summed E-state index contributed by atoms with van der Waals surface area (Å²) in [5.74, 6) is 0.397. The molecule has 7 nitrogen and oxygen atoms in total. The van der Waals surface area contributed by atoms with Gasteiger partial charge >= 0.3 is 0 Å². The highest BCUT2D eigenvalue weighted by Gasteiger charge is 2.21. The molecule has 2 heterocycles. The molecule has 1 aliphatic rings. The Morgan fingerprint density at radius 3 is 2.96 bits per heavy atom. The topological polar surface area (TPSA) is 96.5 Å². The Morgan fingerprint density at radius 1 is 1.43 bits per heavy atom. The van der Waals surface area contributed by atoms with Crippen molar-refractivity contribution in [2.45, 2.75) is 6.42 Å². The predicted octanol–water partition coefficient (Wildman–Crippen LogP) is 1.80. The molecule has 23 heavy (non-hydrogen) atoms. The molecule has 0 atom stereocenters. The number of hydrogen-bond donors (Lipinski definition) is 2. The molecule has 0 spiro atoms. The molecule has 1 aromatic carbocycles. The number of halogens is 1. The summed E-state index contributed by atoms with van der Waals surface area (Å²) < 4.78 is 0. The fourth-order valence-corrected chi connectivity index (χ4v) is 2.38. The van der Waals surface area contributed by atoms with Crippen molar-refractivity contribution in [3.63, 3.8) is 0 Å². The molecule has 1 aliphatic heterocycles. The Bertz CT molecular complexity index is 818. The van der Waals surface area contributed by atoms with Gasteiger partial charge in [0, 0.05) is 36.4 Å². The molecule has 1 amide bonds. The van der Waals surface area contributed by atoms with Crippen LogP contribution >= 0.6 is 11.6 Å². The summed E-state index contributed by atoms with van der Waals surface area (Å²) in [6.45, 7) is 0. The summed E-state index contributed by atoms with van der Waals surface area (Å²) in [6.07, 6.45) is 1.79. The second-order valence-corrected chi connectivity index (χ2v) is 5.76. The van der Waals surface area contributed by atoms with Gasteiger partial charge in [0.05, 0.1) is 17.8 Å². The van der Waals surface area contributed by atoms with Gasteiger partial charge in [-0.05, 0) is 18.2 Å². The van der Waals surface area contributed by atoms with Crippen molar-refractivity contribution < 1.29 is 4.79 Å². The van der Waals surface area contributed by atoms with Crippen LogP contribution in [-0.4, -0.2) is 40.8 Å².